The van der Waals surface area contributed by atoms with Gasteiger partial charge in [-0.3, -0.25) is 9.69 Å². The lowest BCUT2D eigenvalue weighted by atomic mass is 9.98. The summed E-state index contributed by atoms with van der Waals surface area (Å²) in [7, 11) is 2.11. The molecule has 3 rings (SSSR count). The molecule has 2 N–H and O–H groups in total. The fraction of sp³-hybridized carbons (Fsp3) is 0.500. The van der Waals surface area contributed by atoms with Gasteiger partial charge < -0.3 is 15.4 Å². The smallest absolute Gasteiger partial charge is 0.410 e. The van der Waals surface area contributed by atoms with Crippen LogP contribution in [0.3, 0.4) is 0 Å². The fourth-order valence-corrected chi connectivity index (χ4v) is 5.40. The predicted molar refractivity (Wildman–Crippen MR) is 173 cm³/mol. The summed E-state index contributed by atoms with van der Waals surface area (Å²) in [6, 6.07) is 21.7. The Labute approximate surface area is 253 Å². The average molecular weight is 574 g/mol. The van der Waals surface area contributed by atoms with Crippen LogP contribution in [-0.4, -0.2) is 54.5 Å². The van der Waals surface area contributed by atoms with Crippen LogP contribution in [0.15, 0.2) is 66.7 Å². The standard InChI is InChI=1S/C36H51N3O3/c1-4-6-8-13-22-38(3)23-14-24-39(36(41)42-28-30-16-11-9-12-17-30)34(35(37)40)27-31-19-21-32-25-29(15-10-7-5-2)18-20-33(32)26-31/h9,11-12,16-21,25-26,34H,4-8,10,13-15,22-24,27-28H2,1-3H3,(H2,37,40)/t34-/m0/s1. The van der Waals surface area contributed by atoms with Crippen molar-refractivity contribution < 1.29 is 14.3 Å². The van der Waals surface area contributed by atoms with Crippen LogP contribution in [0.4, 0.5) is 4.79 Å². The number of benzene rings is 3. The highest BCUT2D eigenvalue weighted by Crippen LogP contribution is 2.22. The summed E-state index contributed by atoms with van der Waals surface area (Å²) in [5.74, 6) is -0.522. The fourth-order valence-electron chi connectivity index (χ4n) is 5.40. The second kappa shape index (κ2) is 18.2. The molecule has 6 heteroatoms. The molecular weight excluding hydrogens is 522 g/mol. The molecule has 3 aromatic carbocycles. The molecule has 0 radical (unpaired) electrons. The van der Waals surface area contributed by atoms with E-state index >= 15 is 0 Å². The lowest BCUT2D eigenvalue weighted by molar-refractivity contribution is -0.122. The Morgan fingerprint density at radius 3 is 2.07 bits per heavy atom. The number of primary amides is 1. The molecule has 3 aromatic rings. The molecule has 6 nitrogen and oxygen atoms in total. The highest BCUT2D eigenvalue weighted by molar-refractivity contribution is 5.86. The number of carbonyl (C=O) groups is 2. The second-order valence-corrected chi connectivity index (χ2v) is 11.5. The van der Waals surface area contributed by atoms with Crippen LogP contribution in [0.1, 0.15) is 81.9 Å². The first-order chi connectivity index (χ1) is 20.4. The number of ether oxygens (including phenoxy) is 1. The van der Waals surface area contributed by atoms with E-state index in [1.54, 1.807) is 0 Å². The molecule has 0 fully saturated rings. The van der Waals surface area contributed by atoms with Gasteiger partial charge in [0.15, 0.2) is 0 Å². The molecular formula is C36H51N3O3. The number of aryl methyl sites for hydroxylation is 1. The first-order valence-electron chi connectivity index (χ1n) is 15.9. The summed E-state index contributed by atoms with van der Waals surface area (Å²) in [6.07, 6.45) is 10.2. The van der Waals surface area contributed by atoms with Gasteiger partial charge >= 0.3 is 6.09 Å². The first-order valence-corrected chi connectivity index (χ1v) is 15.9. The van der Waals surface area contributed by atoms with E-state index in [9.17, 15) is 9.59 Å². The van der Waals surface area contributed by atoms with Gasteiger partial charge in [0.25, 0.3) is 0 Å². The number of rotatable bonds is 19. The summed E-state index contributed by atoms with van der Waals surface area (Å²) in [6.45, 7) is 6.84. The maximum Gasteiger partial charge on any atom is 0.410 e. The van der Waals surface area contributed by atoms with Gasteiger partial charge in [0.05, 0.1) is 0 Å². The molecule has 0 heterocycles. The molecule has 0 aliphatic carbocycles. The van der Waals surface area contributed by atoms with Crippen LogP contribution in [0.5, 0.6) is 0 Å². The minimum Gasteiger partial charge on any atom is -0.445 e. The van der Waals surface area contributed by atoms with Gasteiger partial charge in [-0.15, -0.1) is 0 Å². The van der Waals surface area contributed by atoms with Crippen molar-refractivity contribution in [3.05, 3.63) is 83.4 Å². The van der Waals surface area contributed by atoms with Gasteiger partial charge in [-0.05, 0) is 73.3 Å². The summed E-state index contributed by atoms with van der Waals surface area (Å²) < 4.78 is 5.70. The van der Waals surface area contributed by atoms with Crippen molar-refractivity contribution in [1.82, 2.24) is 9.80 Å². The zero-order valence-corrected chi connectivity index (χ0v) is 26.0. The number of hydrogen-bond acceptors (Lipinski definition) is 4. The average Bonchev–Trinajstić information content (AvgIpc) is 3.00. The molecule has 1 atom stereocenters. The number of unbranched alkanes of at least 4 members (excludes halogenated alkanes) is 5. The van der Waals surface area contributed by atoms with Crippen LogP contribution in [-0.2, 0) is 29.0 Å². The number of fused-ring (bicyclic) bond motifs is 1. The Balaban J connectivity index is 1.72. The lowest BCUT2D eigenvalue weighted by Gasteiger charge is -2.30. The second-order valence-electron chi connectivity index (χ2n) is 11.5. The Morgan fingerprint density at radius 1 is 0.738 bits per heavy atom. The summed E-state index contributed by atoms with van der Waals surface area (Å²) in [5, 5.41) is 2.31. The molecule has 2 amide bonds. The summed E-state index contributed by atoms with van der Waals surface area (Å²) in [4.78, 5) is 30.1. The molecule has 0 unspecified atom stereocenters. The lowest BCUT2D eigenvalue weighted by Crippen LogP contribution is -2.50. The quantitative estimate of drug-likeness (QED) is 0.151. The van der Waals surface area contributed by atoms with Crippen molar-refractivity contribution in [2.75, 3.05) is 26.7 Å². The molecule has 0 saturated heterocycles. The van der Waals surface area contributed by atoms with E-state index in [0.717, 1.165) is 42.4 Å². The van der Waals surface area contributed by atoms with Gasteiger partial charge in [0.2, 0.25) is 5.91 Å². The number of amides is 2. The van der Waals surface area contributed by atoms with Crippen molar-refractivity contribution in [3.63, 3.8) is 0 Å². The maximum absolute atomic E-state index is 13.4. The van der Waals surface area contributed by atoms with E-state index < -0.39 is 18.0 Å². The van der Waals surface area contributed by atoms with E-state index in [1.165, 1.54) is 60.8 Å². The van der Waals surface area contributed by atoms with Crippen molar-refractivity contribution in [2.45, 2.75) is 90.7 Å². The minimum absolute atomic E-state index is 0.148. The highest BCUT2D eigenvalue weighted by atomic mass is 16.6. The normalized spacial score (nSPS) is 12.0. The van der Waals surface area contributed by atoms with Gasteiger partial charge in [-0.2, -0.15) is 0 Å². The molecule has 0 aromatic heterocycles. The van der Waals surface area contributed by atoms with Crippen LogP contribution >= 0.6 is 0 Å². The largest absolute Gasteiger partial charge is 0.445 e. The number of hydrogen-bond donors (Lipinski definition) is 1. The monoisotopic (exact) mass is 573 g/mol. The third kappa shape index (κ3) is 11.1. The molecule has 228 valence electrons. The van der Waals surface area contributed by atoms with Crippen molar-refractivity contribution in [1.29, 1.82) is 0 Å². The first kappa shape index (κ1) is 33.1. The predicted octanol–water partition coefficient (Wildman–Crippen LogP) is 7.51. The van der Waals surface area contributed by atoms with E-state index in [1.807, 2.05) is 36.4 Å². The molecule has 0 aliphatic rings. The van der Waals surface area contributed by atoms with E-state index in [4.69, 9.17) is 10.5 Å². The van der Waals surface area contributed by atoms with Crippen molar-refractivity contribution >= 4 is 22.8 Å². The summed E-state index contributed by atoms with van der Waals surface area (Å²) in [5.41, 5.74) is 9.17. The van der Waals surface area contributed by atoms with Crippen LogP contribution in [0, 0.1) is 0 Å². The van der Waals surface area contributed by atoms with Crippen molar-refractivity contribution in [3.8, 4) is 0 Å². The third-order valence-electron chi connectivity index (χ3n) is 7.94. The molecule has 0 saturated carbocycles. The SMILES string of the molecule is CCCCCCN(C)CCCN(C(=O)OCc1ccccc1)[C@@H](Cc1ccc2cc(CCCCC)ccc2c1)C(N)=O. The Hall–Kier alpha value is -3.38. The molecule has 0 aliphatic heterocycles. The zero-order chi connectivity index (χ0) is 30.2. The third-order valence-corrected chi connectivity index (χ3v) is 7.94. The minimum atomic E-state index is -0.797. The summed E-state index contributed by atoms with van der Waals surface area (Å²) >= 11 is 0. The van der Waals surface area contributed by atoms with E-state index in [0.29, 0.717) is 13.0 Å². The van der Waals surface area contributed by atoms with Gasteiger partial charge in [0, 0.05) is 13.0 Å². The van der Waals surface area contributed by atoms with Crippen LogP contribution in [0.25, 0.3) is 10.8 Å². The number of nitrogens with zero attached hydrogens (tertiary/aromatic N) is 2. The highest BCUT2D eigenvalue weighted by Gasteiger charge is 2.29. The molecule has 0 bridgehead atoms. The van der Waals surface area contributed by atoms with Crippen molar-refractivity contribution in [2.24, 2.45) is 5.73 Å². The topological polar surface area (TPSA) is 75.9 Å². The van der Waals surface area contributed by atoms with Crippen LogP contribution < -0.4 is 5.73 Å². The van der Waals surface area contributed by atoms with Gasteiger partial charge in [-0.1, -0.05) is 113 Å². The Kier molecular flexibility index (Phi) is 14.4. The Morgan fingerprint density at radius 2 is 1.38 bits per heavy atom. The van der Waals surface area contributed by atoms with E-state index in [2.05, 4.69) is 56.1 Å². The molecule has 42 heavy (non-hydrogen) atoms. The molecule has 0 spiro atoms. The van der Waals surface area contributed by atoms with Gasteiger partial charge in [0.1, 0.15) is 12.6 Å². The zero-order valence-electron chi connectivity index (χ0n) is 26.0. The number of carbonyl (C=O) groups excluding carboxylic acids is 2. The number of nitrogens with two attached hydrogens (primary N) is 1. The van der Waals surface area contributed by atoms with E-state index in [-0.39, 0.29) is 6.61 Å². The Bertz CT molecular complexity index is 1230. The van der Waals surface area contributed by atoms with Crippen LogP contribution in [0.2, 0.25) is 0 Å². The van der Waals surface area contributed by atoms with Gasteiger partial charge in [-0.25, -0.2) is 4.79 Å². The maximum atomic E-state index is 13.4.